The average molecular weight is 654 g/mol. The predicted molar refractivity (Wildman–Crippen MR) is 214 cm³/mol. The Hall–Kier alpha value is -6.38. The fourth-order valence-electron chi connectivity index (χ4n) is 8.36. The zero-order valence-electron chi connectivity index (χ0n) is 28.6. The highest BCUT2D eigenvalue weighted by Gasteiger charge is 2.35. The predicted octanol–water partition coefficient (Wildman–Crippen LogP) is 13.8. The Morgan fingerprint density at radius 2 is 1.06 bits per heavy atom. The Bertz CT molecular complexity index is 2770. The molecule has 2 nitrogen and oxygen atoms in total. The van der Waals surface area contributed by atoms with Crippen molar-refractivity contribution in [3.05, 3.63) is 187 Å². The molecule has 0 spiro atoms. The number of rotatable bonds is 5. The van der Waals surface area contributed by atoms with Crippen LogP contribution >= 0.6 is 0 Å². The van der Waals surface area contributed by atoms with Crippen LogP contribution in [0.2, 0.25) is 0 Å². The number of hydrogen-bond acceptors (Lipinski definition) is 2. The number of furan rings is 1. The van der Waals surface area contributed by atoms with Crippen LogP contribution in [0, 0.1) is 0 Å². The summed E-state index contributed by atoms with van der Waals surface area (Å²) in [5, 5.41) is 4.75. The molecule has 0 aliphatic heterocycles. The van der Waals surface area contributed by atoms with E-state index in [1.807, 2.05) is 12.1 Å². The maximum absolute atomic E-state index is 6.22. The van der Waals surface area contributed by atoms with E-state index in [2.05, 4.69) is 183 Å². The molecule has 0 bridgehead atoms. The third kappa shape index (κ3) is 4.64. The van der Waals surface area contributed by atoms with E-state index in [0.717, 1.165) is 33.6 Å². The summed E-state index contributed by atoms with van der Waals surface area (Å²) in [5.74, 6) is 0. The van der Waals surface area contributed by atoms with Crippen LogP contribution in [-0.4, -0.2) is 0 Å². The van der Waals surface area contributed by atoms with Crippen molar-refractivity contribution < 1.29 is 4.42 Å². The molecule has 10 rings (SSSR count). The van der Waals surface area contributed by atoms with E-state index in [1.54, 1.807) is 0 Å². The van der Waals surface area contributed by atoms with E-state index in [-0.39, 0.29) is 5.41 Å². The SMILES string of the molecule is CC1(C)c2ccccc2-c2ccc(N(c3ccc(-c4cccc5c4ccc4oc6ccccc6c45)cc3)c3cccc(-c4ccccc4)c3)cc21. The molecule has 1 aliphatic rings. The van der Waals surface area contributed by atoms with Crippen molar-refractivity contribution in [2.45, 2.75) is 19.3 Å². The smallest absolute Gasteiger partial charge is 0.136 e. The second-order valence-electron chi connectivity index (χ2n) is 14.1. The van der Waals surface area contributed by atoms with E-state index in [1.165, 1.54) is 60.7 Å². The molecule has 0 atom stereocenters. The Kier molecular flexibility index (Phi) is 6.56. The summed E-state index contributed by atoms with van der Waals surface area (Å²) in [7, 11) is 0. The molecule has 51 heavy (non-hydrogen) atoms. The number of benzene rings is 8. The monoisotopic (exact) mass is 653 g/mol. The normalized spacial score (nSPS) is 13.1. The molecule has 0 amide bonds. The molecule has 9 aromatic rings. The molecule has 0 saturated carbocycles. The van der Waals surface area contributed by atoms with Gasteiger partial charge in [-0.05, 0) is 104 Å². The van der Waals surface area contributed by atoms with E-state index in [4.69, 9.17) is 4.42 Å². The molecular weight excluding hydrogens is 619 g/mol. The van der Waals surface area contributed by atoms with Gasteiger partial charge in [-0.25, -0.2) is 0 Å². The highest BCUT2D eigenvalue weighted by molar-refractivity contribution is 6.20. The lowest BCUT2D eigenvalue weighted by atomic mass is 9.82. The summed E-state index contributed by atoms with van der Waals surface area (Å²) in [6, 6.07) is 63.7. The van der Waals surface area contributed by atoms with Crippen LogP contribution in [0.5, 0.6) is 0 Å². The molecule has 8 aromatic carbocycles. The van der Waals surface area contributed by atoms with Crippen molar-refractivity contribution in [3.8, 4) is 33.4 Å². The van der Waals surface area contributed by atoms with Gasteiger partial charge in [0.1, 0.15) is 11.2 Å². The van der Waals surface area contributed by atoms with Gasteiger partial charge in [0.2, 0.25) is 0 Å². The standard InChI is InChI=1S/C49H35NO/c1-49(2)44-20-8-6-16-40(44)41-27-26-37(31-45(41)49)50(36-15-10-14-34(30-36)32-12-4-3-5-13-32)35-24-22-33(23-25-35)38-18-11-19-42-39(38)28-29-47-48(42)43-17-7-9-21-46(43)51-47/h3-31H,1-2H3. The molecule has 0 radical (unpaired) electrons. The van der Waals surface area contributed by atoms with Crippen LogP contribution in [0.15, 0.2) is 180 Å². The molecular formula is C49H35NO. The van der Waals surface area contributed by atoms with Gasteiger partial charge < -0.3 is 9.32 Å². The quantitative estimate of drug-likeness (QED) is 0.184. The van der Waals surface area contributed by atoms with Crippen molar-refractivity contribution in [1.82, 2.24) is 0 Å². The van der Waals surface area contributed by atoms with Gasteiger partial charge in [0.05, 0.1) is 0 Å². The minimum atomic E-state index is -0.0938. The number of anilines is 3. The van der Waals surface area contributed by atoms with Crippen LogP contribution < -0.4 is 4.90 Å². The zero-order chi connectivity index (χ0) is 34.1. The molecule has 2 heteroatoms. The largest absolute Gasteiger partial charge is 0.456 e. The molecule has 0 fully saturated rings. The molecule has 0 unspecified atom stereocenters. The van der Waals surface area contributed by atoms with Gasteiger partial charge in [-0.2, -0.15) is 0 Å². The Labute approximate surface area is 297 Å². The van der Waals surface area contributed by atoms with Gasteiger partial charge >= 0.3 is 0 Å². The minimum Gasteiger partial charge on any atom is -0.456 e. The van der Waals surface area contributed by atoms with Gasteiger partial charge in [0, 0.05) is 33.2 Å². The van der Waals surface area contributed by atoms with Crippen LogP contribution in [0.25, 0.3) is 66.1 Å². The lowest BCUT2D eigenvalue weighted by Gasteiger charge is -2.28. The summed E-state index contributed by atoms with van der Waals surface area (Å²) in [6.07, 6.45) is 0. The molecule has 1 aliphatic carbocycles. The van der Waals surface area contributed by atoms with E-state index >= 15 is 0 Å². The second kappa shape index (κ2) is 11.3. The first-order valence-corrected chi connectivity index (χ1v) is 17.7. The van der Waals surface area contributed by atoms with Gasteiger partial charge in [0.15, 0.2) is 0 Å². The first-order valence-electron chi connectivity index (χ1n) is 17.7. The number of fused-ring (bicyclic) bond motifs is 8. The van der Waals surface area contributed by atoms with Crippen LogP contribution in [-0.2, 0) is 5.41 Å². The second-order valence-corrected chi connectivity index (χ2v) is 14.1. The van der Waals surface area contributed by atoms with Crippen molar-refractivity contribution >= 4 is 49.8 Å². The number of hydrogen-bond donors (Lipinski definition) is 0. The Morgan fingerprint density at radius 3 is 1.94 bits per heavy atom. The van der Waals surface area contributed by atoms with E-state index < -0.39 is 0 Å². The zero-order valence-corrected chi connectivity index (χ0v) is 28.6. The fraction of sp³-hybridized carbons (Fsp3) is 0.0612. The van der Waals surface area contributed by atoms with E-state index in [9.17, 15) is 0 Å². The highest BCUT2D eigenvalue weighted by Crippen LogP contribution is 2.51. The van der Waals surface area contributed by atoms with Crippen molar-refractivity contribution in [2.24, 2.45) is 0 Å². The van der Waals surface area contributed by atoms with Gasteiger partial charge in [-0.3, -0.25) is 0 Å². The van der Waals surface area contributed by atoms with E-state index in [0.29, 0.717) is 0 Å². The van der Waals surface area contributed by atoms with Gasteiger partial charge in [-0.15, -0.1) is 0 Å². The summed E-state index contributed by atoms with van der Waals surface area (Å²) in [5.41, 5.74) is 15.3. The first kappa shape index (κ1) is 29.5. The molecule has 0 N–H and O–H groups in total. The minimum absolute atomic E-state index is 0.0938. The summed E-state index contributed by atoms with van der Waals surface area (Å²) < 4.78 is 6.22. The average Bonchev–Trinajstić information content (AvgIpc) is 3.68. The number of nitrogens with zero attached hydrogens (tertiary/aromatic N) is 1. The molecule has 242 valence electrons. The molecule has 1 heterocycles. The van der Waals surface area contributed by atoms with Gasteiger partial charge in [0.25, 0.3) is 0 Å². The summed E-state index contributed by atoms with van der Waals surface area (Å²) in [6.45, 7) is 4.70. The molecule has 0 saturated heterocycles. The fourth-order valence-corrected chi connectivity index (χ4v) is 8.36. The maximum Gasteiger partial charge on any atom is 0.136 e. The lowest BCUT2D eigenvalue weighted by Crippen LogP contribution is -2.16. The third-order valence-electron chi connectivity index (χ3n) is 10.9. The van der Waals surface area contributed by atoms with Gasteiger partial charge in [-0.1, -0.05) is 141 Å². The summed E-state index contributed by atoms with van der Waals surface area (Å²) in [4.78, 5) is 2.40. The van der Waals surface area contributed by atoms with Crippen molar-refractivity contribution in [1.29, 1.82) is 0 Å². The third-order valence-corrected chi connectivity index (χ3v) is 10.9. The van der Waals surface area contributed by atoms with Crippen LogP contribution in [0.4, 0.5) is 17.1 Å². The van der Waals surface area contributed by atoms with Crippen molar-refractivity contribution in [2.75, 3.05) is 4.90 Å². The summed E-state index contributed by atoms with van der Waals surface area (Å²) >= 11 is 0. The molecule has 1 aromatic heterocycles. The lowest BCUT2D eigenvalue weighted by molar-refractivity contribution is 0.660. The first-order chi connectivity index (χ1) is 25.0. The maximum atomic E-state index is 6.22. The highest BCUT2D eigenvalue weighted by atomic mass is 16.3. The van der Waals surface area contributed by atoms with Crippen molar-refractivity contribution in [3.63, 3.8) is 0 Å². The topological polar surface area (TPSA) is 16.4 Å². The number of para-hydroxylation sites is 1. The van der Waals surface area contributed by atoms with Crippen LogP contribution in [0.1, 0.15) is 25.0 Å². The van der Waals surface area contributed by atoms with Crippen LogP contribution in [0.3, 0.4) is 0 Å². The Balaban J connectivity index is 1.11. The Morgan fingerprint density at radius 1 is 0.392 bits per heavy atom.